The van der Waals surface area contributed by atoms with Crippen molar-refractivity contribution in [2.75, 3.05) is 19.0 Å². The standard InChI is InChI=1S/C16H16N2S/c1-11-4-9-14-15(10-11)19-16(17-14)12-5-7-13(8-6-12)18(2)3/h4-10H,1-3H3/i2-1. The fourth-order valence-corrected chi connectivity index (χ4v) is 3.13. The molecule has 0 aliphatic heterocycles. The fraction of sp³-hybridized carbons (Fsp3) is 0.188. The minimum Gasteiger partial charge on any atom is -0.378 e. The largest absolute Gasteiger partial charge is 0.378 e. The number of anilines is 1. The van der Waals surface area contributed by atoms with Gasteiger partial charge in [0.1, 0.15) is 5.01 Å². The van der Waals surface area contributed by atoms with Crippen LogP contribution < -0.4 is 4.90 Å². The van der Waals surface area contributed by atoms with E-state index in [2.05, 4.69) is 68.4 Å². The molecule has 2 aromatic carbocycles. The van der Waals surface area contributed by atoms with Gasteiger partial charge in [0.15, 0.2) is 0 Å². The number of benzene rings is 2. The lowest BCUT2D eigenvalue weighted by atomic mass is 10.2. The van der Waals surface area contributed by atoms with E-state index in [4.69, 9.17) is 4.98 Å². The van der Waals surface area contributed by atoms with Gasteiger partial charge in [-0.25, -0.2) is 4.98 Å². The molecular formula is C16H16N2S. The molecule has 19 heavy (non-hydrogen) atoms. The van der Waals surface area contributed by atoms with Gasteiger partial charge in [-0.1, -0.05) is 6.07 Å². The highest BCUT2D eigenvalue weighted by Gasteiger charge is 2.06. The van der Waals surface area contributed by atoms with Gasteiger partial charge >= 0.3 is 0 Å². The minimum atomic E-state index is 1.09. The highest BCUT2D eigenvalue weighted by Crippen LogP contribution is 2.31. The molecule has 0 radical (unpaired) electrons. The summed E-state index contributed by atoms with van der Waals surface area (Å²) in [6, 6.07) is 14.9. The highest BCUT2D eigenvalue weighted by molar-refractivity contribution is 7.21. The van der Waals surface area contributed by atoms with Crippen molar-refractivity contribution >= 4 is 27.2 Å². The Morgan fingerprint density at radius 3 is 2.42 bits per heavy atom. The summed E-state index contributed by atoms with van der Waals surface area (Å²) in [5, 5.41) is 1.09. The number of thiazole rings is 1. The third kappa shape index (κ3) is 2.34. The molecule has 0 atom stereocenters. The Labute approximate surface area is 117 Å². The van der Waals surface area contributed by atoms with E-state index < -0.39 is 0 Å². The number of hydrogen-bond acceptors (Lipinski definition) is 3. The molecule has 0 fully saturated rings. The highest BCUT2D eigenvalue weighted by atomic mass is 32.1. The van der Waals surface area contributed by atoms with Crippen molar-refractivity contribution in [3.8, 4) is 10.6 Å². The van der Waals surface area contributed by atoms with E-state index in [1.54, 1.807) is 11.3 Å². The maximum atomic E-state index is 4.70. The van der Waals surface area contributed by atoms with E-state index in [9.17, 15) is 0 Å². The monoisotopic (exact) mass is 267 g/mol. The van der Waals surface area contributed by atoms with E-state index in [1.807, 2.05) is 0 Å². The molecule has 0 N–H and O–H groups in total. The van der Waals surface area contributed by atoms with Crippen LogP contribution in [0.5, 0.6) is 0 Å². The second-order valence-electron chi connectivity index (χ2n) is 4.93. The Bertz CT molecular complexity index is 711. The zero-order chi connectivity index (χ0) is 13.4. The predicted octanol–water partition coefficient (Wildman–Crippen LogP) is 4.34. The van der Waals surface area contributed by atoms with Crippen molar-refractivity contribution in [2.45, 2.75) is 6.92 Å². The molecule has 0 spiro atoms. The maximum absolute atomic E-state index is 4.70. The summed E-state index contributed by atoms with van der Waals surface area (Å²) in [6.07, 6.45) is 0. The van der Waals surface area contributed by atoms with Crippen LogP contribution in [-0.4, -0.2) is 19.1 Å². The SMILES string of the molecule is Cc1ccc2nc(-c3ccc(N(C)[11CH3])cc3)sc2c1. The van der Waals surface area contributed by atoms with Gasteiger partial charge in [0.25, 0.3) is 0 Å². The third-order valence-corrected chi connectivity index (χ3v) is 4.24. The van der Waals surface area contributed by atoms with Crippen LogP contribution in [0.15, 0.2) is 42.5 Å². The van der Waals surface area contributed by atoms with E-state index >= 15 is 0 Å². The average Bonchev–Trinajstić information content (AvgIpc) is 2.81. The lowest BCUT2D eigenvalue weighted by Gasteiger charge is -2.11. The number of nitrogens with zero attached hydrogens (tertiary/aromatic N) is 2. The van der Waals surface area contributed by atoms with Crippen LogP contribution in [0.3, 0.4) is 0 Å². The number of rotatable bonds is 2. The molecule has 2 nitrogen and oxygen atoms in total. The third-order valence-electron chi connectivity index (χ3n) is 3.17. The lowest BCUT2D eigenvalue weighted by Crippen LogP contribution is -2.07. The fourth-order valence-electron chi connectivity index (χ4n) is 2.06. The van der Waals surface area contributed by atoms with Crippen LogP contribution in [0.25, 0.3) is 20.8 Å². The molecule has 3 heteroatoms. The maximum Gasteiger partial charge on any atom is 0.124 e. The van der Waals surface area contributed by atoms with Crippen LogP contribution in [-0.2, 0) is 0 Å². The molecule has 3 aromatic rings. The Morgan fingerprint density at radius 1 is 1.00 bits per heavy atom. The van der Waals surface area contributed by atoms with Crippen molar-refractivity contribution in [3.63, 3.8) is 0 Å². The first-order valence-corrected chi connectivity index (χ1v) is 7.10. The summed E-state index contributed by atoms with van der Waals surface area (Å²) in [6.45, 7) is 2.12. The van der Waals surface area contributed by atoms with Gasteiger partial charge < -0.3 is 4.90 Å². The summed E-state index contributed by atoms with van der Waals surface area (Å²) < 4.78 is 1.26. The summed E-state index contributed by atoms with van der Waals surface area (Å²) in [7, 11) is 4.10. The first-order chi connectivity index (χ1) is 9.13. The van der Waals surface area contributed by atoms with E-state index in [0.29, 0.717) is 0 Å². The zero-order valence-corrected chi connectivity index (χ0v) is 12.2. The second-order valence-corrected chi connectivity index (χ2v) is 5.96. The van der Waals surface area contributed by atoms with Gasteiger partial charge in [0, 0.05) is 25.3 Å². The van der Waals surface area contributed by atoms with Crippen LogP contribution in [0.2, 0.25) is 0 Å². The van der Waals surface area contributed by atoms with Gasteiger partial charge in [-0.15, -0.1) is 11.3 Å². The van der Waals surface area contributed by atoms with Gasteiger partial charge in [-0.05, 0) is 48.9 Å². The summed E-state index contributed by atoms with van der Waals surface area (Å²) in [5.41, 5.74) is 4.76. The minimum absolute atomic E-state index is 1.09. The Morgan fingerprint density at radius 2 is 1.74 bits per heavy atom. The molecule has 0 aliphatic carbocycles. The van der Waals surface area contributed by atoms with E-state index in [-0.39, 0.29) is 0 Å². The molecule has 0 amide bonds. The summed E-state index contributed by atoms with van der Waals surface area (Å²) in [5.74, 6) is 0. The van der Waals surface area contributed by atoms with E-state index in [1.165, 1.54) is 21.5 Å². The van der Waals surface area contributed by atoms with Crippen molar-refractivity contribution in [2.24, 2.45) is 0 Å². The Balaban J connectivity index is 2.03. The molecule has 0 saturated carbocycles. The van der Waals surface area contributed by atoms with Gasteiger partial charge in [0.2, 0.25) is 0 Å². The first-order valence-electron chi connectivity index (χ1n) is 6.28. The number of fused-ring (bicyclic) bond motifs is 1. The molecule has 3 rings (SSSR count). The Kier molecular flexibility index (Phi) is 2.99. The molecule has 0 aliphatic rings. The molecule has 1 heterocycles. The normalized spacial score (nSPS) is 10.9. The molecule has 0 bridgehead atoms. The molecule has 0 unspecified atom stereocenters. The predicted molar refractivity (Wildman–Crippen MR) is 84.1 cm³/mol. The number of aryl methyl sites for hydroxylation is 1. The summed E-state index contributed by atoms with van der Waals surface area (Å²) >= 11 is 1.75. The van der Waals surface area contributed by atoms with Crippen LogP contribution >= 0.6 is 11.3 Å². The molecular weight excluding hydrogens is 251 g/mol. The average molecular weight is 267 g/mol. The van der Waals surface area contributed by atoms with Gasteiger partial charge in [-0.2, -0.15) is 0 Å². The van der Waals surface area contributed by atoms with Gasteiger partial charge in [0.05, 0.1) is 10.2 Å². The molecule has 0 saturated heterocycles. The van der Waals surface area contributed by atoms with Crippen LogP contribution in [0, 0.1) is 6.92 Å². The number of hydrogen-bond donors (Lipinski definition) is 0. The molecule has 96 valence electrons. The van der Waals surface area contributed by atoms with E-state index in [0.717, 1.165) is 10.5 Å². The molecule has 1 aromatic heterocycles. The topological polar surface area (TPSA) is 16.1 Å². The van der Waals surface area contributed by atoms with Crippen molar-refractivity contribution in [1.82, 2.24) is 4.98 Å². The summed E-state index contributed by atoms with van der Waals surface area (Å²) in [4.78, 5) is 6.81. The lowest BCUT2D eigenvalue weighted by molar-refractivity contribution is 1.13. The van der Waals surface area contributed by atoms with Crippen LogP contribution in [0.1, 0.15) is 5.56 Å². The van der Waals surface area contributed by atoms with Crippen molar-refractivity contribution in [1.29, 1.82) is 0 Å². The Hall–Kier alpha value is -1.87. The van der Waals surface area contributed by atoms with Crippen molar-refractivity contribution < 1.29 is 0 Å². The van der Waals surface area contributed by atoms with Crippen LogP contribution in [0.4, 0.5) is 5.69 Å². The smallest absolute Gasteiger partial charge is 0.124 e. The van der Waals surface area contributed by atoms with Crippen molar-refractivity contribution in [3.05, 3.63) is 48.0 Å². The number of aromatic nitrogens is 1. The first kappa shape index (κ1) is 12.2. The zero-order valence-electron chi connectivity index (χ0n) is 11.3. The van der Waals surface area contributed by atoms with Gasteiger partial charge in [-0.3, -0.25) is 0 Å². The second kappa shape index (κ2) is 4.67. The quantitative estimate of drug-likeness (QED) is 0.686.